The van der Waals surface area contributed by atoms with E-state index >= 15 is 0 Å². The van der Waals surface area contributed by atoms with Crippen LogP contribution in [0.1, 0.15) is 25.5 Å². The van der Waals surface area contributed by atoms with Gasteiger partial charge < -0.3 is 15.5 Å². The molecule has 0 bridgehead atoms. The molecule has 0 aliphatic heterocycles. The van der Waals surface area contributed by atoms with E-state index < -0.39 is 5.91 Å². The van der Waals surface area contributed by atoms with Gasteiger partial charge in [0.25, 0.3) is 0 Å². The number of carbonyl (C=O) groups is 2. The molecule has 0 saturated carbocycles. The normalized spacial score (nSPS) is 10.6. The summed E-state index contributed by atoms with van der Waals surface area (Å²) in [5, 5.41) is 2.74. The first-order chi connectivity index (χ1) is 9.11. The predicted octanol–water partition coefficient (Wildman–Crippen LogP) is 0.483. The van der Waals surface area contributed by atoms with E-state index in [2.05, 4.69) is 12.2 Å². The van der Waals surface area contributed by atoms with Crippen LogP contribution in [-0.4, -0.2) is 36.3 Å². The molecule has 0 fully saturated rings. The van der Waals surface area contributed by atoms with Crippen molar-refractivity contribution in [3.8, 4) is 0 Å². The van der Waals surface area contributed by atoms with Crippen molar-refractivity contribution in [2.75, 3.05) is 19.6 Å². The van der Waals surface area contributed by atoms with Gasteiger partial charge in [0.2, 0.25) is 11.8 Å². The third kappa shape index (κ3) is 6.61. The number of nitrogens with two attached hydrogens (primary N) is 1. The van der Waals surface area contributed by atoms with E-state index in [-0.39, 0.29) is 19.0 Å². The molecular formula is C13H21N3O3. The molecule has 0 atom stereocenters. The number of nitrogens with zero attached hydrogens (tertiary/aromatic N) is 1. The first-order valence-electron chi connectivity index (χ1n) is 6.41. The third-order valence-corrected chi connectivity index (χ3v) is 2.61. The Bertz CT molecular complexity index is 390. The molecule has 1 aromatic heterocycles. The molecule has 6 heteroatoms. The summed E-state index contributed by atoms with van der Waals surface area (Å²) < 4.78 is 5.12. The monoisotopic (exact) mass is 267 g/mol. The molecule has 0 saturated heterocycles. The van der Waals surface area contributed by atoms with E-state index in [4.69, 9.17) is 10.2 Å². The van der Waals surface area contributed by atoms with Crippen LogP contribution in [0.3, 0.4) is 0 Å². The van der Waals surface area contributed by atoms with Crippen LogP contribution in [0.25, 0.3) is 0 Å². The van der Waals surface area contributed by atoms with Crippen molar-refractivity contribution in [2.45, 2.75) is 26.3 Å². The van der Waals surface area contributed by atoms with Crippen LogP contribution in [0.5, 0.6) is 0 Å². The first kappa shape index (κ1) is 15.2. The Hall–Kier alpha value is -1.82. The molecule has 1 heterocycles. The van der Waals surface area contributed by atoms with Crippen molar-refractivity contribution in [1.29, 1.82) is 0 Å². The highest BCUT2D eigenvalue weighted by Gasteiger charge is 2.12. The lowest BCUT2D eigenvalue weighted by Gasteiger charge is -2.19. The Balaban J connectivity index is 2.34. The fourth-order valence-corrected chi connectivity index (χ4v) is 1.67. The Morgan fingerprint density at radius 2 is 2.21 bits per heavy atom. The Labute approximate surface area is 112 Å². The summed E-state index contributed by atoms with van der Waals surface area (Å²) in [7, 11) is 0. The Kier molecular flexibility index (Phi) is 6.67. The number of unbranched alkanes of at least 4 members (excludes halogenated alkanes) is 1. The second-order valence-electron chi connectivity index (χ2n) is 4.39. The maximum absolute atomic E-state index is 11.7. The number of nitrogens with one attached hydrogen (secondary N) is 1. The number of amides is 2. The highest BCUT2D eigenvalue weighted by atomic mass is 16.3. The van der Waals surface area contributed by atoms with E-state index in [0.717, 1.165) is 12.8 Å². The number of hydrogen-bond donors (Lipinski definition) is 2. The van der Waals surface area contributed by atoms with Crippen LogP contribution in [0, 0.1) is 0 Å². The Morgan fingerprint density at radius 3 is 2.79 bits per heavy atom. The summed E-state index contributed by atoms with van der Waals surface area (Å²) in [5.74, 6) is 0.132. The zero-order valence-electron chi connectivity index (χ0n) is 11.2. The summed E-state index contributed by atoms with van der Waals surface area (Å²) in [6.45, 7) is 3.37. The first-order valence-corrected chi connectivity index (χ1v) is 6.41. The molecular weight excluding hydrogens is 246 g/mol. The van der Waals surface area contributed by atoms with Gasteiger partial charge in [0.05, 0.1) is 25.9 Å². The summed E-state index contributed by atoms with van der Waals surface area (Å²) in [4.78, 5) is 24.4. The van der Waals surface area contributed by atoms with Crippen molar-refractivity contribution in [3.63, 3.8) is 0 Å². The van der Waals surface area contributed by atoms with E-state index in [9.17, 15) is 9.59 Å². The zero-order valence-corrected chi connectivity index (χ0v) is 11.2. The summed E-state index contributed by atoms with van der Waals surface area (Å²) >= 11 is 0. The molecule has 0 radical (unpaired) electrons. The lowest BCUT2D eigenvalue weighted by molar-refractivity contribution is -0.124. The van der Waals surface area contributed by atoms with Crippen molar-refractivity contribution in [1.82, 2.24) is 10.2 Å². The maximum atomic E-state index is 11.7. The van der Waals surface area contributed by atoms with Gasteiger partial charge in [-0.15, -0.1) is 0 Å². The molecule has 0 aromatic carbocycles. The summed E-state index contributed by atoms with van der Waals surface area (Å²) in [6.07, 6.45) is 3.49. The second-order valence-corrected chi connectivity index (χ2v) is 4.39. The van der Waals surface area contributed by atoms with Crippen LogP contribution in [0.4, 0.5) is 0 Å². The minimum Gasteiger partial charge on any atom is -0.467 e. The summed E-state index contributed by atoms with van der Waals surface area (Å²) in [5.41, 5.74) is 5.16. The molecule has 0 spiro atoms. The van der Waals surface area contributed by atoms with Crippen molar-refractivity contribution in [3.05, 3.63) is 24.2 Å². The Morgan fingerprint density at radius 1 is 1.42 bits per heavy atom. The minimum atomic E-state index is -0.421. The van der Waals surface area contributed by atoms with E-state index in [1.54, 1.807) is 23.3 Å². The van der Waals surface area contributed by atoms with Gasteiger partial charge in [-0.05, 0) is 25.1 Å². The number of rotatable bonds is 9. The van der Waals surface area contributed by atoms with E-state index in [0.29, 0.717) is 18.8 Å². The lowest BCUT2D eigenvalue weighted by atomic mass is 10.3. The lowest BCUT2D eigenvalue weighted by Crippen LogP contribution is -2.41. The van der Waals surface area contributed by atoms with Crippen molar-refractivity contribution < 1.29 is 14.0 Å². The number of furan rings is 1. The van der Waals surface area contributed by atoms with Crippen LogP contribution < -0.4 is 11.1 Å². The molecule has 1 aromatic rings. The van der Waals surface area contributed by atoms with Crippen LogP contribution >= 0.6 is 0 Å². The minimum absolute atomic E-state index is 0.105. The van der Waals surface area contributed by atoms with Crippen LogP contribution in [0.15, 0.2) is 22.8 Å². The smallest absolute Gasteiger partial charge is 0.234 e. The fraction of sp³-hybridized carbons (Fsp3) is 0.538. The standard InChI is InChI=1S/C13H21N3O3/c1-2-3-6-16(9-12(14)17)10-13(18)15-8-11-5-4-7-19-11/h4-5,7H,2-3,6,8-10H2,1H3,(H2,14,17)(H,15,18). The summed E-state index contributed by atoms with van der Waals surface area (Å²) in [6, 6.07) is 3.56. The topological polar surface area (TPSA) is 88.6 Å². The molecule has 3 N–H and O–H groups in total. The van der Waals surface area contributed by atoms with Gasteiger partial charge in [0, 0.05) is 0 Å². The molecule has 6 nitrogen and oxygen atoms in total. The van der Waals surface area contributed by atoms with Crippen molar-refractivity contribution >= 4 is 11.8 Å². The van der Waals surface area contributed by atoms with Crippen molar-refractivity contribution in [2.24, 2.45) is 5.73 Å². The molecule has 2 amide bonds. The molecule has 0 aliphatic carbocycles. The highest BCUT2D eigenvalue weighted by Crippen LogP contribution is 1.99. The average Bonchev–Trinajstić information content (AvgIpc) is 2.86. The largest absolute Gasteiger partial charge is 0.467 e. The van der Waals surface area contributed by atoms with Gasteiger partial charge in [0.15, 0.2) is 0 Å². The van der Waals surface area contributed by atoms with Gasteiger partial charge >= 0.3 is 0 Å². The van der Waals surface area contributed by atoms with Gasteiger partial charge in [-0.3, -0.25) is 14.5 Å². The molecule has 106 valence electrons. The number of primary amides is 1. The van der Waals surface area contributed by atoms with E-state index in [1.807, 2.05) is 0 Å². The molecule has 0 unspecified atom stereocenters. The predicted molar refractivity (Wildman–Crippen MR) is 71.1 cm³/mol. The average molecular weight is 267 g/mol. The van der Waals surface area contributed by atoms with Crippen LogP contribution in [-0.2, 0) is 16.1 Å². The molecule has 1 rings (SSSR count). The molecule has 0 aliphatic rings. The van der Waals surface area contributed by atoms with Gasteiger partial charge in [-0.25, -0.2) is 0 Å². The van der Waals surface area contributed by atoms with Gasteiger partial charge in [0.1, 0.15) is 5.76 Å². The van der Waals surface area contributed by atoms with E-state index in [1.165, 1.54) is 0 Å². The van der Waals surface area contributed by atoms with Gasteiger partial charge in [-0.2, -0.15) is 0 Å². The second kappa shape index (κ2) is 8.31. The third-order valence-electron chi connectivity index (χ3n) is 2.61. The quantitative estimate of drug-likeness (QED) is 0.681. The number of carbonyl (C=O) groups excluding carboxylic acids is 2. The van der Waals surface area contributed by atoms with Crippen LogP contribution in [0.2, 0.25) is 0 Å². The SMILES string of the molecule is CCCCN(CC(N)=O)CC(=O)NCc1ccco1. The maximum Gasteiger partial charge on any atom is 0.234 e. The van der Waals surface area contributed by atoms with Gasteiger partial charge in [-0.1, -0.05) is 13.3 Å². The zero-order chi connectivity index (χ0) is 14.1. The number of hydrogen-bond acceptors (Lipinski definition) is 4. The fourth-order valence-electron chi connectivity index (χ4n) is 1.67. The molecule has 19 heavy (non-hydrogen) atoms. The highest BCUT2D eigenvalue weighted by molar-refractivity contribution is 5.80.